The van der Waals surface area contributed by atoms with Crippen LogP contribution in [-0.2, 0) is 32.1 Å². The van der Waals surface area contributed by atoms with E-state index >= 15 is 0 Å². The van der Waals surface area contributed by atoms with E-state index in [9.17, 15) is 0 Å². The molecule has 2 aliphatic rings. The molecule has 228 valence electrons. The fraction of sp³-hybridized carbons (Fsp3) is 0.425. The molecule has 0 radical (unpaired) electrons. The molecule has 0 spiro atoms. The summed E-state index contributed by atoms with van der Waals surface area (Å²) in [7, 11) is 0. The third kappa shape index (κ3) is 7.01. The smallest absolute Gasteiger partial charge is 1.00 e. The third-order valence-electron chi connectivity index (χ3n) is 9.26. The van der Waals surface area contributed by atoms with Crippen molar-refractivity contribution in [2.75, 3.05) is 0 Å². The Morgan fingerprint density at radius 3 is 1.49 bits per heavy atom. The summed E-state index contributed by atoms with van der Waals surface area (Å²) in [5.41, 5.74) is 15.2. The Bertz CT molecular complexity index is 1530. The van der Waals surface area contributed by atoms with E-state index in [4.69, 9.17) is 0 Å². The summed E-state index contributed by atoms with van der Waals surface area (Å²) < 4.78 is 5.03. The molecule has 3 heteroatoms. The fourth-order valence-corrected chi connectivity index (χ4v) is 15.6. The molecule has 0 amide bonds. The van der Waals surface area contributed by atoms with Crippen LogP contribution in [-0.4, -0.2) is 3.71 Å². The van der Waals surface area contributed by atoms with Crippen LogP contribution >= 0.6 is 0 Å². The first-order valence-corrected chi connectivity index (χ1v) is 19.5. The predicted octanol–water partition coefficient (Wildman–Crippen LogP) is 5.03. The van der Waals surface area contributed by atoms with Crippen LogP contribution < -0.4 is 24.8 Å². The van der Waals surface area contributed by atoms with Gasteiger partial charge in [0, 0.05) is 0 Å². The third-order valence-corrected chi connectivity index (χ3v) is 17.5. The van der Waals surface area contributed by atoms with E-state index in [-0.39, 0.29) is 41.1 Å². The average molecular weight is 693 g/mol. The van der Waals surface area contributed by atoms with E-state index in [2.05, 4.69) is 154 Å². The quantitative estimate of drug-likeness (QED) is 0.362. The first kappa shape index (κ1) is 35.9. The van der Waals surface area contributed by atoms with Crippen molar-refractivity contribution in [2.24, 2.45) is 11.3 Å². The minimum Gasteiger partial charge on any atom is -1.00 e. The zero-order valence-corrected chi connectivity index (χ0v) is 32.3. The molecule has 0 heterocycles. The van der Waals surface area contributed by atoms with Gasteiger partial charge >= 0.3 is 260 Å². The molecular formula is C40H50Cl2Zr. The van der Waals surface area contributed by atoms with Gasteiger partial charge < -0.3 is 24.8 Å². The van der Waals surface area contributed by atoms with Crippen LogP contribution in [0.5, 0.6) is 0 Å². The van der Waals surface area contributed by atoms with E-state index in [1.807, 2.05) is 0 Å². The van der Waals surface area contributed by atoms with Gasteiger partial charge in [-0.25, -0.2) is 0 Å². The molecule has 2 aliphatic carbocycles. The average Bonchev–Trinajstić information content (AvgIpc) is 3.35. The Labute approximate surface area is 282 Å². The van der Waals surface area contributed by atoms with Crippen molar-refractivity contribution in [3.05, 3.63) is 115 Å². The molecule has 43 heavy (non-hydrogen) atoms. The summed E-state index contributed by atoms with van der Waals surface area (Å²) in [5, 5.41) is 0. The summed E-state index contributed by atoms with van der Waals surface area (Å²) in [4.78, 5) is 0. The van der Waals surface area contributed by atoms with Gasteiger partial charge in [0.2, 0.25) is 0 Å². The molecule has 0 aliphatic heterocycles. The van der Waals surface area contributed by atoms with E-state index in [1.165, 1.54) is 33.4 Å². The van der Waals surface area contributed by atoms with Crippen molar-refractivity contribution in [1.82, 2.24) is 0 Å². The normalized spacial score (nSPS) is 16.8. The molecular weight excluding hydrogens is 643 g/mol. The van der Waals surface area contributed by atoms with Gasteiger partial charge in [-0.2, -0.15) is 0 Å². The number of allylic oxidation sites excluding steroid dienone is 4. The Morgan fingerprint density at radius 1 is 0.628 bits per heavy atom. The molecule has 0 aromatic heterocycles. The molecule has 1 unspecified atom stereocenters. The van der Waals surface area contributed by atoms with Crippen molar-refractivity contribution in [3.63, 3.8) is 0 Å². The Kier molecular flexibility index (Phi) is 10.6. The number of benzene rings is 3. The second-order valence-corrected chi connectivity index (χ2v) is 21.4. The Hall–Kier alpha value is -1.53. The maximum Gasteiger partial charge on any atom is -1.00 e. The molecule has 0 bridgehead atoms. The SMILES string of the molecule is CC1=[C](/[Zr+2](=[CH]\c2ccc(C)cc2)[CH]2c3cc(C(C)(C)C)ccc3-c3ccc(C(C)(C)C)cc32)C(C)C=C1C(C)(C)C.[Cl-].[Cl-]. The number of rotatable bonds is 3. The van der Waals surface area contributed by atoms with Crippen molar-refractivity contribution >= 4 is 3.71 Å². The molecule has 5 rings (SSSR count). The standard InChI is InChI=1S/C21H25.C11H17.C8H8.2ClH.Zr/c1-20(2,3)16-7-9-18-14(12-16)11-15-13-17(21(4,5)6)8-10-19(15)18;1-8-6-9(2)10(7-8)11(3,4)5;1-7-3-5-8(2)6-4-7;;;/h7-13H,1-6H3;7-8H,1-5H3;1,3-6H,2H3;2*1H;/q;;;;;+2/p-2. The van der Waals surface area contributed by atoms with Crippen LogP contribution in [0, 0.1) is 18.3 Å². The monoisotopic (exact) mass is 690 g/mol. The van der Waals surface area contributed by atoms with E-state index in [1.54, 1.807) is 25.6 Å². The van der Waals surface area contributed by atoms with Gasteiger partial charge in [0.15, 0.2) is 0 Å². The molecule has 0 saturated carbocycles. The Balaban J connectivity index is 0.00000253. The molecule has 0 fully saturated rings. The van der Waals surface area contributed by atoms with Crippen LogP contribution in [0.25, 0.3) is 11.1 Å². The minimum atomic E-state index is -2.55. The Morgan fingerprint density at radius 2 is 1.09 bits per heavy atom. The van der Waals surface area contributed by atoms with Gasteiger partial charge in [0.25, 0.3) is 0 Å². The van der Waals surface area contributed by atoms with Crippen molar-refractivity contribution < 1.29 is 46.1 Å². The summed E-state index contributed by atoms with van der Waals surface area (Å²) in [6.45, 7) is 28.4. The molecule has 0 saturated heterocycles. The second-order valence-electron chi connectivity index (χ2n) is 15.7. The van der Waals surface area contributed by atoms with Gasteiger partial charge in [-0.15, -0.1) is 0 Å². The van der Waals surface area contributed by atoms with Gasteiger partial charge in [-0.1, -0.05) is 0 Å². The van der Waals surface area contributed by atoms with Crippen LogP contribution in [0.4, 0.5) is 0 Å². The summed E-state index contributed by atoms with van der Waals surface area (Å²) >= 11 is -2.55. The fourth-order valence-electron chi connectivity index (χ4n) is 6.92. The topological polar surface area (TPSA) is 0 Å². The van der Waals surface area contributed by atoms with E-state index in [0.717, 1.165) is 0 Å². The van der Waals surface area contributed by atoms with Gasteiger partial charge in [0.05, 0.1) is 0 Å². The van der Waals surface area contributed by atoms with Crippen molar-refractivity contribution in [2.45, 2.75) is 97.5 Å². The van der Waals surface area contributed by atoms with Crippen LogP contribution in [0.2, 0.25) is 0 Å². The number of aryl methyl sites for hydroxylation is 1. The van der Waals surface area contributed by atoms with Crippen molar-refractivity contribution in [3.8, 4) is 11.1 Å². The van der Waals surface area contributed by atoms with Crippen LogP contribution in [0.15, 0.2) is 81.2 Å². The second kappa shape index (κ2) is 12.7. The largest absolute Gasteiger partial charge is 1.00 e. The molecule has 0 nitrogen and oxygen atoms in total. The zero-order valence-electron chi connectivity index (χ0n) is 28.3. The van der Waals surface area contributed by atoms with Gasteiger partial charge in [0.1, 0.15) is 0 Å². The predicted molar refractivity (Wildman–Crippen MR) is 177 cm³/mol. The zero-order chi connectivity index (χ0) is 30.1. The van der Waals surface area contributed by atoms with E-state index in [0.29, 0.717) is 9.54 Å². The number of hydrogen-bond acceptors (Lipinski definition) is 0. The van der Waals surface area contributed by atoms with Crippen molar-refractivity contribution in [1.29, 1.82) is 0 Å². The number of fused-ring (bicyclic) bond motifs is 3. The van der Waals surface area contributed by atoms with E-state index < -0.39 is 21.3 Å². The molecule has 3 aromatic carbocycles. The first-order chi connectivity index (χ1) is 19.0. The first-order valence-electron chi connectivity index (χ1n) is 15.5. The molecule has 3 aromatic rings. The summed E-state index contributed by atoms with van der Waals surface area (Å²) in [6.07, 6.45) is 2.60. The van der Waals surface area contributed by atoms with Gasteiger partial charge in [-0.3, -0.25) is 0 Å². The minimum absolute atomic E-state index is 0. The van der Waals surface area contributed by atoms with Gasteiger partial charge in [-0.05, 0) is 0 Å². The van der Waals surface area contributed by atoms with Crippen LogP contribution in [0.3, 0.4) is 0 Å². The number of hydrogen-bond donors (Lipinski definition) is 0. The van der Waals surface area contributed by atoms with Crippen LogP contribution in [0.1, 0.15) is 113 Å². The summed E-state index contributed by atoms with van der Waals surface area (Å²) in [6, 6.07) is 24.1. The summed E-state index contributed by atoms with van der Waals surface area (Å²) in [5.74, 6) is 0.490. The molecule has 1 atom stereocenters. The maximum absolute atomic E-state index is 2.79. The number of halogens is 2. The molecule has 0 N–H and O–H groups in total. The maximum atomic E-state index is 2.79.